The Morgan fingerprint density at radius 3 is 2.48 bits per heavy atom. The summed E-state index contributed by atoms with van der Waals surface area (Å²) in [6.07, 6.45) is 0. The van der Waals surface area contributed by atoms with Crippen molar-refractivity contribution in [2.24, 2.45) is 0 Å². The Bertz CT molecular complexity index is 632. The van der Waals surface area contributed by atoms with Crippen molar-refractivity contribution in [3.05, 3.63) is 59.7 Å². The van der Waals surface area contributed by atoms with Crippen LogP contribution in [0.4, 0.5) is 14.5 Å². The molecular weight excluding hydrogens is 280 g/mol. The summed E-state index contributed by atoms with van der Waals surface area (Å²) in [7, 11) is 0. The van der Waals surface area contributed by atoms with Crippen LogP contribution >= 0.6 is 0 Å². The first-order valence-corrected chi connectivity index (χ1v) is 6.22. The lowest BCUT2D eigenvalue weighted by molar-refractivity contribution is 0.0690. The molecule has 0 aliphatic carbocycles. The van der Waals surface area contributed by atoms with Crippen LogP contribution in [0.25, 0.3) is 0 Å². The first-order chi connectivity index (χ1) is 10.1. The summed E-state index contributed by atoms with van der Waals surface area (Å²) in [5.41, 5.74) is -0.798. The summed E-state index contributed by atoms with van der Waals surface area (Å²) in [5.74, 6) is -3.43. The van der Waals surface area contributed by atoms with Crippen molar-refractivity contribution in [2.45, 2.75) is 0 Å². The molecule has 2 aromatic carbocycles. The molecule has 0 saturated carbocycles. The Kier molecular flexibility index (Phi) is 4.71. The lowest BCUT2D eigenvalue weighted by Crippen LogP contribution is -2.13. The van der Waals surface area contributed by atoms with Crippen LogP contribution in [0, 0.1) is 11.6 Å². The average Bonchev–Trinajstić information content (AvgIpc) is 2.48. The fraction of sp³-hybridized carbons (Fsp3) is 0.133. The predicted molar refractivity (Wildman–Crippen MR) is 73.7 cm³/mol. The Morgan fingerprint density at radius 2 is 1.81 bits per heavy atom. The van der Waals surface area contributed by atoms with Crippen LogP contribution in [0.5, 0.6) is 5.75 Å². The van der Waals surface area contributed by atoms with Gasteiger partial charge in [-0.1, -0.05) is 18.2 Å². The van der Waals surface area contributed by atoms with Gasteiger partial charge in [-0.15, -0.1) is 0 Å². The lowest BCUT2D eigenvalue weighted by atomic mass is 10.2. The van der Waals surface area contributed by atoms with E-state index in [0.717, 1.165) is 6.07 Å². The first-order valence-electron chi connectivity index (χ1n) is 6.22. The number of benzene rings is 2. The number of carboxylic acids is 1. The van der Waals surface area contributed by atoms with E-state index in [2.05, 4.69) is 5.32 Å². The van der Waals surface area contributed by atoms with Crippen LogP contribution in [0.15, 0.2) is 42.5 Å². The number of ether oxygens (including phenoxy) is 1. The molecule has 6 heteroatoms. The van der Waals surface area contributed by atoms with Crippen molar-refractivity contribution < 1.29 is 23.4 Å². The first kappa shape index (κ1) is 14.8. The van der Waals surface area contributed by atoms with E-state index in [1.165, 1.54) is 6.07 Å². The topological polar surface area (TPSA) is 58.6 Å². The minimum absolute atomic E-state index is 0.103. The highest BCUT2D eigenvalue weighted by molar-refractivity contribution is 5.88. The summed E-state index contributed by atoms with van der Waals surface area (Å²) >= 11 is 0. The van der Waals surface area contributed by atoms with Gasteiger partial charge in [0.1, 0.15) is 12.4 Å². The van der Waals surface area contributed by atoms with Crippen molar-refractivity contribution in [1.29, 1.82) is 0 Å². The molecule has 0 amide bonds. The zero-order chi connectivity index (χ0) is 15.2. The molecule has 4 nitrogen and oxygen atoms in total. The molecule has 0 radical (unpaired) electrons. The smallest absolute Gasteiger partial charge is 0.338 e. The van der Waals surface area contributed by atoms with Gasteiger partial charge in [0.25, 0.3) is 0 Å². The number of anilines is 1. The van der Waals surface area contributed by atoms with Crippen LogP contribution < -0.4 is 10.1 Å². The Labute approximate surface area is 120 Å². The van der Waals surface area contributed by atoms with E-state index < -0.39 is 23.2 Å². The van der Waals surface area contributed by atoms with Crippen LogP contribution in [0.3, 0.4) is 0 Å². The Morgan fingerprint density at radius 1 is 1.10 bits per heavy atom. The number of carbonyl (C=O) groups is 1. The number of rotatable bonds is 6. The molecule has 0 atom stereocenters. The van der Waals surface area contributed by atoms with Crippen molar-refractivity contribution >= 4 is 11.7 Å². The number of para-hydroxylation sites is 1. The maximum atomic E-state index is 13.6. The van der Waals surface area contributed by atoms with Gasteiger partial charge < -0.3 is 15.2 Å². The summed E-state index contributed by atoms with van der Waals surface area (Å²) < 4.78 is 32.5. The molecule has 0 fully saturated rings. The van der Waals surface area contributed by atoms with E-state index in [4.69, 9.17) is 9.84 Å². The van der Waals surface area contributed by atoms with E-state index >= 15 is 0 Å². The third-order valence-corrected chi connectivity index (χ3v) is 2.74. The molecule has 2 N–H and O–H groups in total. The van der Waals surface area contributed by atoms with E-state index in [-0.39, 0.29) is 18.8 Å². The summed E-state index contributed by atoms with van der Waals surface area (Å²) in [6, 6.07) is 11.3. The minimum atomic E-state index is -1.51. The Balaban J connectivity index is 1.92. The molecule has 0 aliphatic heterocycles. The van der Waals surface area contributed by atoms with E-state index in [1.54, 1.807) is 12.1 Å². The summed E-state index contributed by atoms with van der Waals surface area (Å²) in [4.78, 5) is 10.7. The van der Waals surface area contributed by atoms with Crippen molar-refractivity contribution in [2.75, 3.05) is 18.5 Å². The number of hydrogen-bond acceptors (Lipinski definition) is 3. The van der Waals surface area contributed by atoms with Gasteiger partial charge in [0.15, 0.2) is 11.6 Å². The van der Waals surface area contributed by atoms with E-state index in [9.17, 15) is 13.6 Å². The molecular formula is C15H13F2NO3. The van der Waals surface area contributed by atoms with Gasteiger partial charge >= 0.3 is 5.97 Å². The number of hydrogen-bond donors (Lipinski definition) is 2. The largest absolute Gasteiger partial charge is 0.492 e. The van der Waals surface area contributed by atoms with Crippen LogP contribution in [-0.2, 0) is 0 Å². The highest BCUT2D eigenvalue weighted by Crippen LogP contribution is 2.20. The zero-order valence-electron chi connectivity index (χ0n) is 11.0. The second kappa shape index (κ2) is 6.69. The van der Waals surface area contributed by atoms with Gasteiger partial charge in [-0.3, -0.25) is 0 Å². The molecule has 0 bridgehead atoms. The molecule has 0 aromatic heterocycles. The third-order valence-electron chi connectivity index (χ3n) is 2.74. The maximum Gasteiger partial charge on any atom is 0.338 e. The summed E-state index contributed by atoms with van der Waals surface area (Å²) in [6.45, 7) is 0.503. The van der Waals surface area contributed by atoms with Crippen LogP contribution in [0.1, 0.15) is 10.4 Å². The normalized spacial score (nSPS) is 10.2. The minimum Gasteiger partial charge on any atom is -0.492 e. The van der Waals surface area contributed by atoms with Crippen molar-refractivity contribution in [3.63, 3.8) is 0 Å². The molecule has 0 saturated heterocycles. The molecule has 0 aliphatic rings. The third kappa shape index (κ3) is 3.68. The highest BCUT2D eigenvalue weighted by atomic mass is 19.2. The summed E-state index contributed by atoms with van der Waals surface area (Å²) in [5, 5.41) is 11.3. The van der Waals surface area contributed by atoms with E-state index in [1.807, 2.05) is 18.2 Å². The number of carboxylic acid groups (broad SMARTS) is 1. The van der Waals surface area contributed by atoms with Gasteiger partial charge in [-0.05, 0) is 24.3 Å². The molecule has 110 valence electrons. The fourth-order valence-corrected chi connectivity index (χ4v) is 1.72. The Hall–Kier alpha value is -2.63. The maximum absolute atomic E-state index is 13.6. The van der Waals surface area contributed by atoms with Gasteiger partial charge in [0, 0.05) is 6.54 Å². The van der Waals surface area contributed by atoms with Gasteiger partial charge in [0.05, 0.1) is 11.3 Å². The number of nitrogens with one attached hydrogen (secondary N) is 1. The molecule has 0 unspecified atom stereocenters. The van der Waals surface area contributed by atoms with Gasteiger partial charge in [0.2, 0.25) is 0 Å². The second-order valence-corrected chi connectivity index (χ2v) is 4.18. The molecule has 2 aromatic rings. The molecule has 2 rings (SSSR count). The standard InChI is InChI=1S/C15H13F2NO3/c16-13-11(15(19)20)6-7-12(14(13)17)18-8-9-21-10-4-2-1-3-5-10/h1-7,18H,8-9H2,(H,19,20). The van der Waals surface area contributed by atoms with Crippen molar-refractivity contribution in [3.8, 4) is 5.75 Å². The highest BCUT2D eigenvalue weighted by Gasteiger charge is 2.17. The zero-order valence-corrected chi connectivity index (χ0v) is 11.0. The molecule has 0 spiro atoms. The van der Waals surface area contributed by atoms with Gasteiger partial charge in [-0.2, -0.15) is 0 Å². The van der Waals surface area contributed by atoms with Crippen molar-refractivity contribution in [1.82, 2.24) is 0 Å². The predicted octanol–water partition coefficient (Wildman–Crippen LogP) is 3.15. The monoisotopic (exact) mass is 293 g/mol. The van der Waals surface area contributed by atoms with E-state index in [0.29, 0.717) is 5.75 Å². The number of halogens is 2. The van der Waals surface area contributed by atoms with Gasteiger partial charge in [-0.25, -0.2) is 13.6 Å². The molecule has 21 heavy (non-hydrogen) atoms. The fourth-order valence-electron chi connectivity index (χ4n) is 1.72. The average molecular weight is 293 g/mol. The quantitative estimate of drug-likeness (QED) is 0.803. The lowest BCUT2D eigenvalue weighted by Gasteiger charge is -2.10. The van der Waals surface area contributed by atoms with Crippen LogP contribution in [-0.4, -0.2) is 24.2 Å². The molecule has 0 heterocycles. The number of aromatic carboxylic acids is 1. The second-order valence-electron chi connectivity index (χ2n) is 4.18. The SMILES string of the molecule is O=C(O)c1ccc(NCCOc2ccccc2)c(F)c1F. The van der Waals surface area contributed by atoms with Crippen LogP contribution in [0.2, 0.25) is 0 Å².